The highest BCUT2D eigenvalue weighted by Gasteiger charge is 2.44. The lowest BCUT2D eigenvalue weighted by molar-refractivity contribution is -0.134. The number of aliphatic hydroxyl groups excluding tert-OH is 1. The summed E-state index contributed by atoms with van der Waals surface area (Å²) >= 11 is 0. The van der Waals surface area contributed by atoms with Gasteiger partial charge in [-0.3, -0.25) is 14.5 Å². The molecule has 2 atom stereocenters. The molecule has 3 rings (SSSR count). The third kappa shape index (κ3) is 3.95. The van der Waals surface area contributed by atoms with E-state index in [1.165, 1.54) is 12.1 Å². The SMILES string of the molecule is CC1(C)NC(=O)N(CCCC(=O)N2C[C@@H](O)C[C@@H]2c2ccc(F)cc2)C1=O. The first kappa shape index (κ1) is 19.3. The van der Waals surface area contributed by atoms with Crippen LogP contribution in [-0.2, 0) is 9.59 Å². The molecule has 2 heterocycles. The Kier molecular flexibility index (Phi) is 5.19. The zero-order valence-electron chi connectivity index (χ0n) is 15.4. The number of nitrogens with zero attached hydrogens (tertiary/aromatic N) is 2. The van der Waals surface area contributed by atoms with E-state index in [9.17, 15) is 23.9 Å². The molecule has 2 N–H and O–H groups in total. The van der Waals surface area contributed by atoms with Gasteiger partial charge in [0.05, 0.1) is 12.1 Å². The lowest BCUT2D eigenvalue weighted by atomic mass is 10.0. The van der Waals surface area contributed by atoms with E-state index in [4.69, 9.17) is 0 Å². The van der Waals surface area contributed by atoms with E-state index in [0.717, 1.165) is 10.5 Å². The molecule has 2 saturated heterocycles. The second-order valence-electron chi connectivity index (χ2n) is 7.62. The van der Waals surface area contributed by atoms with Crippen molar-refractivity contribution in [1.29, 1.82) is 0 Å². The molecule has 146 valence electrons. The van der Waals surface area contributed by atoms with Crippen molar-refractivity contribution in [2.24, 2.45) is 0 Å². The zero-order chi connectivity index (χ0) is 19.8. The molecule has 0 bridgehead atoms. The third-order valence-corrected chi connectivity index (χ3v) is 5.07. The number of imide groups is 1. The number of rotatable bonds is 5. The van der Waals surface area contributed by atoms with Crippen molar-refractivity contribution in [2.75, 3.05) is 13.1 Å². The number of carbonyl (C=O) groups is 3. The van der Waals surface area contributed by atoms with Gasteiger partial charge in [-0.1, -0.05) is 12.1 Å². The van der Waals surface area contributed by atoms with Crippen molar-refractivity contribution in [3.63, 3.8) is 0 Å². The Labute approximate surface area is 157 Å². The van der Waals surface area contributed by atoms with Crippen LogP contribution in [0.1, 0.15) is 44.7 Å². The molecule has 0 saturated carbocycles. The molecule has 0 aliphatic carbocycles. The average molecular weight is 377 g/mol. The number of carbonyl (C=O) groups excluding carboxylic acids is 3. The number of aliphatic hydroxyl groups is 1. The van der Waals surface area contributed by atoms with Gasteiger partial charge in [-0.15, -0.1) is 0 Å². The third-order valence-electron chi connectivity index (χ3n) is 5.07. The minimum Gasteiger partial charge on any atom is -0.391 e. The van der Waals surface area contributed by atoms with Crippen LogP contribution >= 0.6 is 0 Å². The van der Waals surface area contributed by atoms with Gasteiger partial charge in [0.1, 0.15) is 11.4 Å². The summed E-state index contributed by atoms with van der Waals surface area (Å²) in [7, 11) is 0. The van der Waals surface area contributed by atoms with Crippen LogP contribution in [0.5, 0.6) is 0 Å². The van der Waals surface area contributed by atoms with E-state index in [-0.39, 0.29) is 43.2 Å². The molecular weight excluding hydrogens is 353 g/mol. The van der Waals surface area contributed by atoms with Gasteiger partial charge in [0, 0.05) is 19.5 Å². The molecule has 7 nitrogen and oxygen atoms in total. The smallest absolute Gasteiger partial charge is 0.325 e. The maximum absolute atomic E-state index is 13.1. The van der Waals surface area contributed by atoms with Crippen molar-refractivity contribution < 1.29 is 23.9 Å². The number of amides is 4. The molecule has 0 radical (unpaired) electrons. The van der Waals surface area contributed by atoms with E-state index in [1.807, 2.05) is 0 Å². The second-order valence-corrected chi connectivity index (χ2v) is 7.62. The summed E-state index contributed by atoms with van der Waals surface area (Å²) in [5, 5.41) is 12.6. The predicted octanol–water partition coefficient (Wildman–Crippen LogP) is 1.57. The van der Waals surface area contributed by atoms with Gasteiger partial charge >= 0.3 is 6.03 Å². The molecule has 27 heavy (non-hydrogen) atoms. The molecular formula is C19H24FN3O4. The van der Waals surface area contributed by atoms with Crippen LogP contribution in [-0.4, -0.2) is 57.5 Å². The number of hydrogen-bond donors (Lipinski definition) is 2. The summed E-state index contributed by atoms with van der Waals surface area (Å²) in [6.45, 7) is 3.66. The van der Waals surface area contributed by atoms with Crippen molar-refractivity contribution in [3.8, 4) is 0 Å². The molecule has 0 unspecified atom stereocenters. The minimum atomic E-state index is -0.923. The highest BCUT2D eigenvalue weighted by molar-refractivity contribution is 6.06. The molecule has 2 aliphatic rings. The first-order chi connectivity index (χ1) is 12.7. The fourth-order valence-electron chi connectivity index (χ4n) is 3.64. The lowest BCUT2D eigenvalue weighted by Gasteiger charge is -2.25. The molecule has 0 aromatic heterocycles. The van der Waals surface area contributed by atoms with Crippen molar-refractivity contribution >= 4 is 17.8 Å². The van der Waals surface area contributed by atoms with Crippen molar-refractivity contribution in [1.82, 2.24) is 15.1 Å². The van der Waals surface area contributed by atoms with Gasteiger partial charge in [-0.25, -0.2) is 9.18 Å². The minimum absolute atomic E-state index is 0.155. The molecule has 0 spiro atoms. The summed E-state index contributed by atoms with van der Waals surface area (Å²) < 4.78 is 13.1. The zero-order valence-corrected chi connectivity index (χ0v) is 15.4. The van der Waals surface area contributed by atoms with Crippen molar-refractivity contribution in [2.45, 2.75) is 50.8 Å². The van der Waals surface area contributed by atoms with E-state index in [2.05, 4.69) is 5.32 Å². The van der Waals surface area contributed by atoms with Gasteiger partial charge in [-0.05, 0) is 44.4 Å². The van der Waals surface area contributed by atoms with Gasteiger partial charge in [-0.2, -0.15) is 0 Å². The number of benzene rings is 1. The number of β-amino-alcohol motifs (C(OH)–C–C–N with tert-alkyl or cyclic N) is 1. The highest BCUT2D eigenvalue weighted by Crippen LogP contribution is 2.33. The lowest BCUT2D eigenvalue weighted by Crippen LogP contribution is -2.40. The van der Waals surface area contributed by atoms with Gasteiger partial charge < -0.3 is 15.3 Å². The summed E-state index contributed by atoms with van der Waals surface area (Å²) in [6, 6.07) is 5.16. The fourth-order valence-corrected chi connectivity index (χ4v) is 3.64. The maximum atomic E-state index is 13.1. The second kappa shape index (κ2) is 7.26. The first-order valence-electron chi connectivity index (χ1n) is 9.06. The summed E-state index contributed by atoms with van der Waals surface area (Å²) in [4.78, 5) is 39.4. The van der Waals surface area contributed by atoms with Crippen LogP contribution in [0.15, 0.2) is 24.3 Å². The van der Waals surface area contributed by atoms with Gasteiger partial charge in [0.2, 0.25) is 5.91 Å². The van der Waals surface area contributed by atoms with E-state index >= 15 is 0 Å². The fraction of sp³-hybridized carbons (Fsp3) is 0.526. The first-order valence-corrected chi connectivity index (χ1v) is 9.06. The Hall–Kier alpha value is -2.48. The molecule has 8 heteroatoms. The van der Waals surface area contributed by atoms with Gasteiger partial charge in [0.15, 0.2) is 0 Å². The molecule has 1 aromatic rings. The van der Waals surface area contributed by atoms with Crippen molar-refractivity contribution in [3.05, 3.63) is 35.6 Å². The number of hydrogen-bond acceptors (Lipinski definition) is 4. The summed E-state index contributed by atoms with van der Waals surface area (Å²) in [5.74, 6) is -0.820. The van der Waals surface area contributed by atoms with Crippen LogP contribution in [0, 0.1) is 5.82 Å². The van der Waals surface area contributed by atoms with Crippen LogP contribution < -0.4 is 5.32 Å². The molecule has 2 aliphatic heterocycles. The Morgan fingerprint density at radius 1 is 1.30 bits per heavy atom. The maximum Gasteiger partial charge on any atom is 0.325 e. The monoisotopic (exact) mass is 377 g/mol. The molecule has 1 aromatic carbocycles. The Morgan fingerprint density at radius 3 is 2.56 bits per heavy atom. The summed E-state index contributed by atoms with van der Waals surface area (Å²) in [6.07, 6.45) is 0.271. The van der Waals surface area contributed by atoms with Crippen LogP contribution in [0.25, 0.3) is 0 Å². The normalized spacial score (nSPS) is 24.4. The van der Waals surface area contributed by atoms with E-state index in [0.29, 0.717) is 12.8 Å². The number of nitrogens with one attached hydrogen (secondary N) is 1. The quantitative estimate of drug-likeness (QED) is 0.763. The average Bonchev–Trinajstić information content (AvgIpc) is 3.07. The topological polar surface area (TPSA) is 90.0 Å². The number of halogens is 1. The standard InChI is InChI=1S/C19H24FN3O4/c1-19(2)17(26)22(18(27)21-19)9-3-4-16(25)23-11-14(24)10-15(23)12-5-7-13(20)8-6-12/h5-8,14-15,24H,3-4,9-11H2,1-2H3,(H,21,27)/t14-,15+/m0/s1. The Balaban J connectivity index is 1.59. The van der Waals surface area contributed by atoms with Gasteiger partial charge in [0.25, 0.3) is 5.91 Å². The van der Waals surface area contributed by atoms with E-state index < -0.39 is 17.7 Å². The predicted molar refractivity (Wildman–Crippen MR) is 95.0 cm³/mol. The Bertz CT molecular complexity index is 750. The molecule has 4 amide bonds. The largest absolute Gasteiger partial charge is 0.391 e. The Morgan fingerprint density at radius 2 is 1.96 bits per heavy atom. The molecule has 2 fully saturated rings. The number of urea groups is 1. The summed E-state index contributed by atoms with van der Waals surface area (Å²) in [5.41, 5.74) is -0.148. The van der Waals surface area contributed by atoms with Crippen LogP contribution in [0.4, 0.5) is 9.18 Å². The van der Waals surface area contributed by atoms with Crippen LogP contribution in [0.3, 0.4) is 0 Å². The van der Waals surface area contributed by atoms with Crippen LogP contribution in [0.2, 0.25) is 0 Å². The number of likely N-dealkylation sites (tertiary alicyclic amines) is 1. The van der Waals surface area contributed by atoms with E-state index in [1.54, 1.807) is 30.9 Å². The highest BCUT2D eigenvalue weighted by atomic mass is 19.1.